The molecule has 2 aliphatic heterocycles. The number of aromatic nitrogens is 2. The molecule has 2 N–H and O–H groups in total. The molecule has 6 nitrogen and oxygen atoms in total. The first-order chi connectivity index (χ1) is 11.3. The number of aryl methyl sites for hydroxylation is 1. The Balaban J connectivity index is 1.66. The van der Waals surface area contributed by atoms with Gasteiger partial charge in [-0.05, 0) is 32.1 Å². The topological polar surface area (TPSA) is 76.5 Å². The molecule has 3 atom stereocenters. The Morgan fingerprint density at radius 3 is 2.87 bits per heavy atom. The lowest BCUT2D eigenvalue weighted by Crippen LogP contribution is -2.32. The minimum atomic E-state index is -0.580. The van der Waals surface area contributed by atoms with E-state index in [-0.39, 0.29) is 12.1 Å². The number of ether oxygens (including phenoxy) is 2. The van der Waals surface area contributed by atoms with Gasteiger partial charge < -0.3 is 19.9 Å². The van der Waals surface area contributed by atoms with E-state index >= 15 is 0 Å². The van der Waals surface area contributed by atoms with Crippen LogP contribution >= 0.6 is 0 Å². The Hall–Kier alpha value is -1.50. The molecule has 1 aromatic rings. The highest BCUT2D eigenvalue weighted by Crippen LogP contribution is 2.31. The summed E-state index contributed by atoms with van der Waals surface area (Å²) in [5.41, 5.74) is 2.23. The fourth-order valence-electron chi connectivity index (χ4n) is 3.42. The standard InChI is InChI=1S/C17H23N3O3/c21-14-9-22-10-15(14)23-17-11-5-1-2-6-12(11)19-16(20-17)13-7-3-4-8-18-13/h3-4,13-15,18,21H,1-2,5-10H2/t13?,14-,15-/m0/s1. The predicted molar refractivity (Wildman–Crippen MR) is 84.4 cm³/mol. The molecular formula is C17H23N3O3. The predicted octanol–water partition coefficient (Wildman–Crippen LogP) is 1.08. The summed E-state index contributed by atoms with van der Waals surface area (Å²) in [5, 5.41) is 13.4. The van der Waals surface area contributed by atoms with Crippen LogP contribution < -0.4 is 10.1 Å². The van der Waals surface area contributed by atoms with E-state index < -0.39 is 6.10 Å². The largest absolute Gasteiger partial charge is 0.469 e. The van der Waals surface area contributed by atoms with Crippen molar-refractivity contribution in [1.29, 1.82) is 0 Å². The molecule has 1 aromatic heterocycles. The number of hydrogen-bond donors (Lipinski definition) is 2. The third kappa shape index (κ3) is 3.11. The van der Waals surface area contributed by atoms with E-state index in [4.69, 9.17) is 19.4 Å². The smallest absolute Gasteiger partial charge is 0.220 e. The number of rotatable bonds is 3. The maximum atomic E-state index is 9.96. The van der Waals surface area contributed by atoms with Gasteiger partial charge in [0.25, 0.3) is 0 Å². The Morgan fingerprint density at radius 1 is 1.17 bits per heavy atom. The zero-order valence-corrected chi connectivity index (χ0v) is 13.2. The van der Waals surface area contributed by atoms with E-state index in [0.29, 0.717) is 19.1 Å². The second-order valence-electron chi connectivity index (χ2n) is 6.45. The van der Waals surface area contributed by atoms with E-state index in [1.807, 2.05) is 0 Å². The van der Waals surface area contributed by atoms with E-state index in [0.717, 1.165) is 55.7 Å². The Morgan fingerprint density at radius 2 is 2.09 bits per heavy atom. The molecule has 124 valence electrons. The highest BCUT2D eigenvalue weighted by Gasteiger charge is 2.31. The summed E-state index contributed by atoms with van der Waals surface area (Å²) >= 11 is 0. The lowest BCUT2D eigenvalue weighted by molar-refractivity contribution is 0.0690. The third-order valence-electron chi connectivity index (χ3n) is 4.76. The fraction of sp³-hybridized carbons (Fsp3) is 0.647. The molecule has 3 heterocycles. The summed E-state index contributed by atoms with van der Waals surface area (Å²) in [6.45, 7) is 1.59. The molecule has 0 amide bonds. The van der Waals surface area contributed by atoms with Crippen molar-refractivity contribution in [3.8, 4) is 5.88 Å². The van der Waals surface area contributed by atoms with Gasteiger partial charge in [-0.15, -0.1) is 0 Å². The first kappa shape index (κ1) is 15.1. The lowest BCUT2D eigenvalue weighted by Gasteiger charge is -2.25. The van der Waals surface area contributed by atoms with Gasteiger partial charge in [-0.25, -0.2) is 4.98 Å². The van der Waals surface area contributed by atoms with Crippen LogP contribution in [0.1, 0.15) is 42.4 Å². The monoisotopic (exact) mass is 317 g/mol. The van der Waals surface area contributed by atoms with Crippen LogP contribution in [0.3, 0.4) is 0 Å². The van der Waals surface area contributed by atoms with Crippen molar-refractivity contribution in [3.05, 3.63) is 29.2 Å². The van der Waals surface area contributed by atoms with Crippen LogP contribution in [-0.4, -0.2) is 47.0 Å². The summed E-state index contributed by atoms with van der Waals surface area (Å²) in [4.78, 5) is 9.52. The van der Waals surface area contributed by atoms with Gasteiger partial charge in [0, 0.05) is 12.1 Å². The summed E-state index contributed by atoms with van der Waals surface area (Å²) in [5.74, 6) is 1.45. The van der Waals surface area contributed by atoms with Crippen LogP contribution in [-0.2, 0) is 17.6 Å². The van der Waals surface area contributed by atoms with Gasteiger partial charge in [0.2, 0.25) is 5.88 Å². The van der Waals surface area contributed by atoms with E-state index in [1.54, 1.807) is 0 Å². The number of aliphatic hydroxyl groups is 1. The highest BCUT2D eigenvalue weighted by molar-refractivity contribution is 5.34. The van der Waals surface area contributed by atoms with Crippen molar-refractivity contribution < 1.29 is 14.6 Å². The molecule has 1 unspecified atom stereocenters. The summed E-state index contributed by atoms with van der Waals surface area (Å²) < 4.78 is 11.3. The van der Waals surface area contributed by atoms with Gasteiger partial charge in [0.1, 0.15) is 11.9 Å². The second-order valence-corrected chi connectivity index (χ2v) is 6.45. The lowest BCUT2D eigenvalue weighted by atomic mass is 9.96. The first-order valence-corrected chi connectivity index (χ1v) is 8.52. The van der Waals surface area contributed by atoms with Gasteiger partial charge in [0.05, 0.1) is 24.9 Å². The Labute approximate surface area is 135 Å². The molecule has 3 aliphatic rings. The van der Waals surface area contributed by atoms with Crippen LogP contribution in [0.5, 0.6) is 5.88 Å². The first-order valence-electron chi connectivity index (χ1n) is 8.52. The quantitative estimate of drug-likeness (QED) is 0.813. The second kappa shape index (κ2) is 6.55. The van der Waals surface area contributed by atoms with Gasteiger partial charge >= 0.3 is 0 Å². The zero-order chi connectivity index (χ0) is 15.6. The summed E-state index contributed by atoms with van der Waals surface area (Å²) in [7, 11) is 0. The van der Waals surface area contributed by atoms with Crippen LogP contribution in [0, 0.1) is 0 Å². The molecule has 1 saturated heterocycles. The summed E-state index contributed by atoms with van der Waals surface area (Å²) in [6.07, 6.45) is 8.51. The van der Waals surface area contributed by atoms with Crippen molar-refractivity contribution >= 4 is 0 Å². The number of nitrogens with one attached hydrogen (secondary N) is 1. The Kier molecular flexibility index (Phi) is 4.29. The molecule has 0 bridgehead atoms. The zero-order valence-electron chi connectivity index (χ0n) is 13.2. The normalized spacial score (nSPS) is 30.2. The molecule has 0 radical (unpaired) electrons. The Bertz CT molecular complexity index is 605. The number of fused-ring (bicyclic) bond motifs is 1. The van der Waals surface area contributed by atoms with Crippen LogP contribution in [0.25, 0.3) is 0 Å². The van der Waals surface area contributed by atoms with Crippen molar-refractivity contribution in [3.63, 3.8) is 0 Å². The van der Waals surface area contributed by atoms with E-state index in [9.17, 15) is 5.11 Å². The average Bonchev–Trinajstić information content (AvgIpc) is 3.00. The molecule has 6 heteroatoms. The van der Waals surface area contributed by atoms with Gasteiger partial charge in [-0.1, -0.05) is 12.2 Å². The van der Waals surface area contributed by atoms with Crippen molar-refractivity contribution in [1.82, 2.24) is 15.3 Å². The number of hydrogen-bond acceptors (Lipinski definition) is 6. The van der Waals surface area contributed by atoms with Crippen molar-refractivity contribution in [2.24, 2.45) is 0 Å². The van der Waals surface area contributed by atoms with E-state index in [2.05, 4.69) is 17.5 Å². The molecule has 0 aromatic carbocycles. The third-order valence-corrected chi connectivity index (χ3v) is 4.76. The highest BCUT2D eigenvalue weighted by atomic mass is 16.6. The minimum Gasteiger partial charge on any atom is -0.469 e. The maximum Gasteiger partial charge on any atom is 0.220 e. The van der Waals surface area contributed by atoms with Crippen molar-refractivity contribution in [2.45, 2.75) is 50.4 Å². The summed E-state index contributed by atoms with van der Waals surface area (Å²) in [6, 6.07) is 0.138. The molecule has 4 rings (SSSR count). The molecule has 0 saturated carbocycles. The molecule has 1 aliphatic carbocycles. The van der Waals surface area contributed by atoms with Gasteiger partial charge in [-0.3, -0.25) is 0 Å². The van der Waals surface area contributed by atoms with E-state index in [1.165, 1.54) is 0 Å². The van der Waals surface area contributed by atoms with Gasteiger partial charge in [-0.2, -0.15) is 4.98 Å². The molecule has 23 heavy (non-hydrogen) atoms. The van der Waals surface area contributed by atoms with Crippen molar-refractivity contribution in [2.75, 3.05) is 19.8 Å². The maximum absolute atomic E-state index is 9.96. The minimum absolute atomic E-state index is 0.138. The SMILES string of the molecule is O[C@H]1COC[C@@H]1Oc1nc(C2CC=CCN2)nc2c1CCCC2. The molecular weight excluding hydrogens is 294 g/mol. The average molecular weight is 317 g/mol. The molecule has 0 spiro atoms. The number of aliphatic hydroxyl groups excluding tert-OH is 1. The van der Waals surface area contributed by atoms with Crippen LogP contribution in [0.4, 0.5) is 0 Å². The van der Waals surface area contributed by atoms with Crippen LogP contribution in [0.2, 0.25) is 0 Å². The fourth-order valence-corrected chi connectivity index (χ4v) is 3.42. The van der Waals surface area contributed by atoms with Gasteiger partial charge in [0.15, 0.2) is 6.10 Å². The molecule has 1 fully saturated rings. The van der Waals surface area contributed by atoms with Crippen LogP contribution in [0.15, 0.2) is 12.2 Å². The number of nitrogens with zero attached hydrogens (tertiary/aromatic N) is 2.